The second-order valence-corrected chi connectivity index (χ2v) is 3.94. The van der Waals surface area contributed by atoms with Crippen molar-refractivity contribution in [3.63, 3.8) is 0 Å². The normalized spacial score (nSPS) is 10.2. The van der Waals surface area contributed by atoms with E-state index >= 15 is 0 Å². The van der Waals surface area contributed by atoms with Gasteiger partial charge in [-0.15, -0.1) is 0 Å². The highest BCUT2D eigenvalue weighted by Gasteiger charge is 2.10. The summed E-state index contributed by atoms with van der Waals surface area (Å²) in [6, 6.07) is 4.30. The molecule has 1 aromatic rings. The molecule has 0 aromatic carbocycles. The lowest BCUT2D eigenvalue weighted by atomic mass is 10.3. The maximum Gasteiger partial charge on any atom is 0.354 e. The molecule has 0 radical (unpaired) electrons. The Labute approximate surface area is 111 Å². The number of carbonyl (C=O) groups excluding carboxylic acids is 1. The van der Waals surface area contributed by atoms with Crippen molar-refractivity contribution in [1.29, 1.82) is 0 Å². The second-order valence-electron chi connectivity index (χ2n) is 3.94. The highest BCUT2D eigenvalue weighted by molar-refractivity contribution is 5.94. The van der Waals surface area contributed by atoms with Crippen LogP contribution in [0, 0.1) is 0 Å². The summed E-state index contributed by atoms with van der Waals surface area (Å²) >= 11 is 0. The molecule has 0 bridgehead atoms. The van der Waals surface area contributed by atoms with E-state index in [1.54, 1.807) is 0 Å². The molecule has 0 fully saturated rings. The molecule has 1 heterocycles. The van der Waals surface area contributed by atoms with Gasteiger partial charge in [-0.25, -0.2) is 9.78 Å². The number of unbranched alkanes of at least 4 members (excludes halogenated alkanes) is 1. The summed E-state index contributed by atoms with van der Waals surface area (Å²) in [5, 5.41) is 11.4. The van der Waals surface area contributed by atoms with Crippen molar-refractivity contribution < 1.29 is 19.4 Å². The third-order valence-corrected chi connectivity index (χ3v) is 2.38. The summed E-state index contributed by atoms with van der Waals surface area (Å²) in [4.78, 5) is 26.2. The van der Waals surface area contributed by atoms with Gasteiger partial charge in [0, 0.05) is 13.2 Å². The number of aromatic nitrogens is 1. The van der Waals surface area contributed by atoms with Crippen molar-refractivity contribution in [2.75, 3.05) is 19.8 Å². The van der Waals surface area contributed by atoms with Crippen molar-refractivity contribution >= 4 is 11.9 Å². The van der Waals surface area contributed by atoms with Gasteiger partial charge in [-0.1, -0.05) is 19.4 Å². The summed E-state index contributed by atoms with van der Waals surface area (Å²) in [5.41, 5.74) is -0.0553. The Morgan fingerprint density at radius 2 is 2.05 bits per heavy atom. The van der Waals surface area contributed by atoms with E-state index in [2.05, 4.69) is 17.2 Å². The van der Waals surface area contributed by atoms with Crippen molar-refractivity contribution in [3.05, 3.63) is 29.6 Å². The van der Waals surface area contributed by atoms with E-state index in [1.165, 1.54) is 18.2 Å². The van der Waals surface area contributed by atoms with Crippen LogP contribution in [0.25, 0.3) is 0 Å². The molecular weight excluding hydrogens is 248 g/mol. The minimum absolute atomic E-state index is 0.0912. The minimum Gasteiger partial charge on any atom is -0.477 e. The summed E-state index contributed by atoms with van der Waals surface area (Å²) in [6.45, 7) is 3.57. The van der Waals surface area contributed by atoms with Gasteiger partial charge in [0.15, 0.2) is 0 Å². The topological polar surface area (TPSA) is 88.5 Å². The van der Waals surface area contributed by atoms with Crippen LogP contribution in [0.15, 0.2) is 18.2 Å². The molecular formula is C13H18N2O4. The molecule has 0 saturated carbocycles. The molecule has 19 heavy (non-hydrogen) atoms. The molecule has 1 rings (SSSR count). The van der Waals surface area contributed by atoms with Crippen molar-refractivity contribution in [3.8, 4) is 0 Å². The van der Waals surface area contributed by atoms with E-state index in [9.17, 15) is 9.59 Å². The number of aromatic carboxylic acids is 1. The quantitative estimate of drug-likeness (QED) is 0.693. The molecule has 0 unspecified atom stereocenters. The Morgan fingerprint density at radius 1 is 1.32 bits per heavy atom. The molecule has 0 aliphatic heterocycles. The maximum atomic E-state index is 11.7. The zero-order chi connectivity index (χ0) is 14.1. The number of pyridine rings is 1. The molecule has 1 amide bonds. The highest BCUT2D eigenvalue weighted by atomic mass is 16.5. The van der Waals surface area contributed by atoms with Crippen LogP contribution in [-0.2, 0) is 4.74 Å². The summed E-state index contributed by atoms with van der Waals surface area (Å²) in [5.74, 6) is -1.56. The van der Waals surface area contributed by atoms with Crippen LogP contribution in [0.1, 0.15) is 40.7 Å². The van der Waals surface area contributed by atoms with Gasteiger partial charge in [0.1, 0.15) is 11.4 Å². The average Bonchev–Trinajstić information content (AvgIpc) is 2.42. The van der Waals surface area contributed by atoms with Crippen LogP contribution in [0.3, 0.4) is 0 Å². The number of amides is 1. The first-order valence-corrected chi connectivity index (χ1v) is 6.21. The number of hydrogen-bond donors (Lipinski definition) is 2. The van der Waals surface area contributed by atoms with Crippen LogP contribution in [0.4, 0.5) is 0 Å². The van der Waals surface area contributed by atoms with Crippen molar-refractivity contribution in [1.82, 2.24) is 10.3 Å². The van der Waals surface area contributed by atoms with Crippen LogP contribution in [0.2, 0.25) is 0 Å². The number of hydrogen-bond acceptors (Lipinski definition) is 4. The first-order valence-electron chi connectivity index (χ1n) is 6.21. The molecule has 2 N–H and O–H groups in total. The largest absolute Gasteiger partial charge is 0.477 e. The fourth-order valence-corrected chi connectivity index (χ4v) is 1.36. The smallest absolute Gasteiger partial charge is 0.354 e. The number of carbonyl (C=O) groups is 2. The van der Waals surface area contributed by atoms with Gasteiger partial charge in [0.2, 0.25) is 0 Å². The third-order valence-electron chi connectivity index (χ3n) is 2.38. The van der Waals surface area contributed by atoms with E-state index in [0.29, 0.717) is 19.8 Å². The lowest BCUT2D eigenvalue weighted by Gasteiger charge is -2.06. The molecule has 0 atom stereocenters. The highest BCUT2D eigenvalue weighted by Crippen LogP contribution is 1.99. The number of carboxylic acids is 1. The number of ether oxygens (including phenoxy) is 1. The van der Waals surface area contributed by atoms with E-state index in [4.69, 9.17) is 9.84 Å². The Morgan fingerprint density at radius 3 is 2.74 bits per heavy atom. The van der Waals surface area contributed by atoms with E-state index in [-0.39, 0.29) is 11.4 Å². The predicted octanol–water partition coefficient (Wildman–Crippen LogP) is 1.33. The lowest BCUT2D eigenvalue weighted by molar-refractivity contribution is 0.0690. The summed E-state index contributed by atoms with van der Waals surface area (Å²) in [7, 11) is 0. The van der Waals surface area contributed by atoms with Gasteiger partial charge >= 0.3 is 5.97 Å². The molecule has 6 nitrogen and oxygen atoms in total. The lowest BCUT2D eigenvalue weighted by Crippen LogP contribution is -2.28. The Balaban J connectivity index is 2.37. The molecule has 1 aromatic heterocycles. The van der Waals surface area contributed by atoms with E-state index in [1.807, 2.05) is 0 Å². The first-order chi connectivity index (χ1) is 9.15. The zero-order valence-electron chi connectivity index (χ0n) is 10.9. The fourth-order valence-electron chi connectivity index (χ4n) is 1.36. The molecule has 0 aliphatic carbocycles. The molecule has 104 valence electrons. The standard InChI is InChI=1S/C13H18N2O4/c1-2-3-8-19-9-7-14-12(16)10-5-4-6-11(15-10)13(17)18/h4-6H,2-3,7-9H2,1H3,(H,14,16)(H,17,18). The molecule has 0 saturated heterocycles. The van der Waals surface area contributed by atoms with E-state index < -0.39 is 11.9 Å². The Kier molecular flexibility index (Phi) is 6.52. The first kappa shape index (κ1) is 15.1. The van der Waals surface area contributed by atoms with Crippen molar-refractivity contribution in [2.45, 2.75) is 19.8 Å². The van der Waals surface area contributed by atoms with Crippen LogP contribution in [0.5, 0.6) is 0 Å². The molecule has 0 spiro atoms. The number of nitrogens with one attached hydrogen (secondary N) is 1. The number of carboxylic acid groups (broad SMARTS) is 1. The van der Waals surface area contributed by atoms with Crippen LogP contribution in [-0.4, -0.2) is 41.7 Å². The Hall–Kier alpha value is -1.95. The molecule has 0 aliphatic rings. The average molecular weight is 266 g/mol. The van der Waals surface area contributed by atoms with Crippen molar-refractivity contribution in [2.24, 2.45) is 0 Å². The van der Waals surface area contributed by atoms with Gasteiger partial charge in [-0.3, -0.25) is 4.79 Å². The van der Waals surface area contributed by atoms with Crippen LogP contribution < -0.4 is 5.32 Å². The maximum absolute atomic E-state index is 11.7. The predicted molar refractivity (Wildman–Crippen MR) is 69.3 cm³/mol. The van der Waals surface area contributed by atoms with Gasteiger partial charge in [0.25, 0.3) is 5.91 Å². The Bertz CT molecular complexity index is 434. The summed E-state index contributed by atoms with van der Waals surface area (Å²) in [6.07, 6.45) is 2.06. The van der Waals surface area contributed by atoms with Gasteiger partial charge in [-0.05, 0) is 18.6 Å². The molecule has 6 heteroatoms. The monoisotopic (exact) mass is 266 g/mol. The fraction of sp³-hybridized carbons (Fsp3) is 0.462. The second kappa shape index (κ2) is 8.20. The number of rotatable bonds is 8. The third kappa shape index (κ3) is 5.48. The minimum atomic E-state index is -1.16. The van der Waals surface area contributed by atoms with Gasteiger partial charge in [0.05, 0.1) is 6.61 Å². The van der Waals surface area contributed by atoms with Gasteiger partial charge in [-0.2, -0.15) is 0 Å². The van der Waals surface area contributed by atoms with Gasteiger partial charge < -0.3 is 15.2 Å². The SMILES string of the molecule is CCCCOCCNC(=O)c1cccc(C(=O)O)n1. The van der Waals surface area contributed by atoms with Crippen LogP contribution >= 0.6 is 0 Å². The number of nitrogens with zero attached hydrogens (tertiary/aromatic N) is 1. The summed E-state index contributed by atoms with van der Waals surface area (Å²) < 4.78 is 5.29. The van der Waals surface area contributed by atoms with E-state index in [0.717, 1.165) is 12.8 Å². The zero-order valence-corrected chi connectivity index (χ0v) is 10.9.